The second kappa shape index (κ2) is 5.75. The second-order valence-corrected chi connectivity index (χ2v) is 4.67. The van der Waals surface area contributed by atoms with Crippen LogP contribution in [0.1, 0.15) is 24.4 Å². The number of aromatic nitrogens is 3. The standard InChI is InChI=1S/C14H18N4O/c1-10(14(15)11-6-4-3-5-7-11)12(19)8-13-16-9-17-18(13)2/h3-7,9-10,14H,8,15H2,1-2H3. The Morgan fingerprint density at radius 2 is 2.05 bits per heavy atom. The van der Waals surface area contributed by atoms with Crippen molar-refractivity contribution < 1.29 is 4.79 Å². The van der Waals surface area contributed by atoms with Crippen LogP contribution >= 0.6 is 0 Å². The van der Waals surface area contributed by atoms with Gasteiger partial charge in [-0.15, -0.1) is 0 Å². The fourth-order valence-corrected chi connectivity index (χ4v) is 1.96. The number of rotatable bonds is 5. The van der Waals surface area contributed by atoms with E-state index in [9.17, 15) is 4.79 Å². The third kappa shape index (κ3) is 3.06. The fourth-order valence-electron chi connectivity index (χ4n) is 1.96. The number of carbonyl (C=O) groups is 1. The Morgan fingerprint density at radius 3 is 2.63 bits per heavy atom. The number of Topliss-reactive ketones (excluding diaryl/α,β-unsaturated/α-hetero) is 1. The zero-order chi connectivity index (χ0) is 13.8. The molecule has 2 rings (SSSR count). The average molecular weight is 258 g/mol. The summed E-state index contributed by atoms with van der Waals surface area (Å²) in [5, 5.41) is 3.95. The average Bonchev–Trinajstić information content (AvgIpc) is 2.83. The molecule has 0 aliphatic rings. The van der Waals surface area contributed by atoms with Crippen LogP contribution in [0.5, 0.6) is 0 Å². The lowest BCUT2D eigenvalue weighted by atomic mass is 9.90. The van der Waals surface area contributed by atoms with E-state index in [1.807, 2.05) is 37.3 Å². The van der Waals surface area contributed by atoms with E-state index >= 15 is 0 Å². The summed E-state index contributed by atoms with van der Waals surface area (Å²) in [4.78, 5) is 16.3. The van der Waals surface area contributed by atoms with Crippen LogP contribution in [-0.2, 0) is 18.3 Å². The molecule has 5 nitrogen and oxygen atoms in total. The smallest absolute Gasteiger partial charge is 0.145 e. The topological polar surface area (TPSA) is 73.8 Å². The van der Waals surface area contributed by atoms with Gasteiger partial charge in [-0.05, 0) is 5.56 Å². The molecule has 1 aromatic carbocycles. The summed E-state index contributed by atoms with van der Waals surface area (Å²) in [5.74, 6) is 0.490. The Balaban J connectivity index is 2.05. The van der Waals surface area contributed by atoms with Crippen LogP contribution in [0.15, 0.2) is 36.7 Å². The van der Waals surface area contributed by atoms with E-state index in [1.54, 1.807) is 11.7 Å². The lowest BCUT2D eigenvalue weighted by Gasteiger charge is -2.19. The SMILES string of the molecule is CC(C(=O)Cc1ncnn1C)C(N)c1ccccc1. The first-order valence-corrected chi connectivity index (χ1v) is 6.25. The maximum atomic E-state index is 12.2. The largest absolute Gasteiger partial charge is 0.323 e. The fraction of sp³-hybridized carbons (Fsp3) is 0.357. The Kier molecular flexibility index (Phi) is 4.06. The molecule has 0 bridgehead atoms. The lowest BCUT2D eigenvalue weighted by Crippen LogP contribution is -2.27. The molecule has 2 atom stereocenters. The lowest BCUT2D eigenvalue weighted by molar-refractivity contribution is -0.122. The molecule has 100 valence electrons. The summed E-state index contributed by atoms with van der Waals surface area (Å²) in [6.07, 6.45) is 1.71. The number of hydrogen-bond donors (Lipinski definition) is 1. The van der Waals surface area contributed by atoms with Gasteiger partial charge in [-0.2, -0.15) is 5.10 Å². The van der Waals surface area contributed by atoms with E-state index in [0.29, 0.717) is 5.82 Å². The highest BCUT2D eigenvalue weighted by atomic mass is 16.1. The van der Waals surface area contributed by atoms with E-state index in [2.05, 4.69) is 10.1 Å². The van der Waals surface area contributed by atoms with Crippen molar-refractivity contribution in [2.24, 2.45) is 18.7 Å². The summed E-state index contributed by atoms with van der Waals surface area (Å²) in [6.45, 7) is 1.86. The van der Waals surface area contributed by atoms with Gasteiger partial charge >= 0.3 is 0 Å². The number of carbonyl (C=O) groups excluding carboxylic acids is 1. The van der Waals surface area contributed by atoms with Crippen molar-refractivity contribution in [2.45, 2.75) is 19.4 Å². The normalized spacial score (nSPS) is 14.1. The highest BCUT2D eigenvalue weighted by Gasteiger charge is 2.23. The maximum absolute atomic E-state index is 12.2. The molecule has 0 aliphatic heterocycles. The van der Waals surface area contributed by atoms with E-state index in [4.69, 9.17) is 5.73 Å². The summed E-state index contributed by atoms with van der Waals surface area (Å²) in [5.41, 5.74) is 7.12. The van der Waals surface area contributed by atoms with Crippen LogP contribution in [0.4, 0.5) is 0 Å². The first-order valence-electron chi connectivity index (χ1n) is 6.25. The molecule has 0 saturated carbocycles. The number of hydrogen-bond acceptors (Lipinski definition) is 4. The van der Waals surface area contributed by atoms with Crippen molar-refractivity contribution in [3.8, 4) is 0 Å². The minimum atomic E-state index is -0.290. The molecular formula is C14H18N4O. The van der Waals surface area contributed by atoms with Gasteiger partial charge in [-0.25, -0.2) is 4.98 Å². The van der Waals surface area contributed by atoms with Gasteiger partial charge in [0.1, 0.15) is 17.9 Å². The molecule has 0 spiro atoms. The van der Waals surface area contributed by atoms with Crippen molar-refractivity contribution >= 4 is 5.78 Å². The van der Waals surface area contributed by atoms with Gasteiger partial charge in [-0.3, -0.25) is 9.48 Å². The van der Waals surface area contributed by atoms with Crippen molar-refractivity contribution in [3.63, 3.8) is 0 Å². The van der Waals surface area contributed by atoms with E-state index in [-0.39, 0.29) is 24.2 Å². The molecule has 1 heterocycles. The quantitative estimate of drug-likeness (QED) is 0.876. The van der Waals surface area contributed by atoms with Crippen LogP contribution in [-0.4, -0.2) is 20.5 Å². The minimum absolute atomic E-state index is 0.0763. The maximum Gasteiger partial charge on any atom is 0.145 e. The number of benzene rings is 1. The van der Waals surface area contributed by atoms with Crippen molar-refractivity contribution in [1.82, 2.24) is 14.8 Å². The summed E-state index contributed by atoms with van der Waals surface area (Å²) in [7, 11) is 1.78. The van der Waals surface area contributed by atoms with E-state index in [0.717, 1.165) is 5.56 Å². The highest BCUT2D eigenvalue weighted by Crippen LogP contribution is 2.20. The summed E-state index contributed by atoms with van der Waals surface area (Å²) in [6, 6.07) is 9.38. The first kappa shape index (κ1) is 13.4. The van der Waals surface area contributed by atoms with E-state index < -0.39 is 0 Å². The number of nitrogens with two attached hydrogens (primary N) is 1. The van der Waals surface area contributed by atoms with Crippen LogP contribution in [0.25, 0.3) is 0 Å². The monoisotopic (exact) mass is 258 g/mol. The van der Waals surface area contributed by atoms with Gasteiger partial charge in [0.05, 0.1) is 6.42 Å². The van der Waals surface area contributed by atoms with Gasteiger partial charge < -0.3 is 5.73 Å². The molecule has 1 aromatic heterocycles. The Morgan fingerprint density at radius 1 is 1.37 bits per heavy atom. The van der Waals surface area contributed by atoms with Crippen LogP contribution < -0.4 is 5.73 Å². The summed E-state index contributed by atoms with van der Waals surface area (Å²) < 4.78 is 1.61. The molecule has 2 N–H and O–H groups in total. The van der Waals surface area contributed by atoms with Crippen LogP contribution in [0, 0.1) is 5.92 Å². The highest BCUT2D eigenvalue weighted by molar-refractivity contribution is 5.83. The molecule has 0 fully saturated rings. The molecule has 2 unspecified atom stereocenters. The molecule has 0 aliphatic carbocycles. The van der Waals surface area contributed by atoms with Crippen LogP contribution in [0.3, 0.4) is 0 Å². The molecule has 0 saturated heterocycles. The molecule has 5 heteroatoms. The predicted octanol–water partition coefficient (Wildman–Crippen LogP) is 1.26. The number of nitrogens with zero attached hydrogens (tertiary/aromatic N) is 3. The van der Waals surface area contributed by atoms with Crippen LogP contribution in [0.2, 0.25) is 0 Å². The van der Waals surface area contributed by atoms with Gasteiger partial charge in [0.25, 0.3) is 0 Å². The van der Waals surface area contributed by atoms with Crippen molar-refractivity contribution in [2.75, 3.05) is 0 Å². The van der Waals surface area contributed by atoms with Gasteiger partial charge in [-0.1, -0.05) is 37.3 Å². The van der Waals surface area contributed by atoms with Crippen molar-refractivity contribution in [1.29, 1.82) is 0 Å². The van der Waals surface area contributed by atoms with Gasteiger partial charge in [0, 0.05) is 19.0 Å². The Hall–Kier alpha value is -2.01. The zero-order valence-electron chi connectivity index (χ0n) is 11.2. The molecule has 0 radical (unpaired) electrons. The van der Waals surface area contributed by atoms with E-state index in [1.165, 1.54) is 6.33 Å². The molecule has 0 amide bonds. The molecule has 2 aromatic rings. The second-order valence-electron chi connectivity index (χ2n) is 4.67. The third-order valence-corrected chi connectivity index (χ3v) is 3.37. The minimum Gasteiger partial charge on any atom is -0.323 e. The molecular weight excluding hydrogens is 240 g/mol. The van der Waals surface area contributed by atoms with Gasteiger partial charge in [0.2, 0.25) is 0 Å². The third-order valence-electron chi connectivity index (χ3n) is 3.37. The Labute approximate surface area is 112 Å². The Bertz CT molecular complexity index is 550. The predicted molar refractivity (Wildman–Crippen MR) is 72.2 cm³/mol. The van der Waals surface area contributed by atoms with Gasteiger partial charge in [0.15, 0.2) is 0 Å². The zero-order valence-corrected chi connectivity index (χ0v) is 11.2. The number of ketones is 1. The first-order chi connectivity index (χ1) is 9.09. The molecule has 19 heavy (non-hydrogen) atoms. The van der Waals surface area contributed by atoms with Crippen molar-refractivity contribution in [3.05, 3.63) is 48.0 Å². The summed E-state index contributed by atoms with van der Waals surface area (Å²) >= 11 is 0. The number of aryl methyl sites for hydroxylation is 1.